The zero-order valence-electron chi connectivity index (χ0n) is 19.4. The highest BCUT2D eigenvalue weighted by molar-refractivity contribution is 6.05. The Morgan fingerprint density at radius 3 is 2.26 bits per heavy atom. The van der Waals surface area contributed by atoms with Gasteiger partial charge in [0.2, 0.25) is 17.7 Å². The number of carbonyl (C=O) groups is 4. The molecular formula is C27H26N4O4. The fourth-order valence-corrected chi connectivity index (χ4v) is 3.84. The van der Waals surface area contributed by atoms with Crippen LogP contribution in [0.15, 0.2) is 78.9 Å². The standard InChI is InChI=1S/C27H26N4O4/c1-2-30(22-6-4-3-5-7-22)26(34)18-19-8-12-21(13-9-19)28-27(35)20-10-14-23(15-11-20)31-25(33)17-16-24(32)29-31/h3-15H,2,16-18H2,1H3,(H,28,35)(H,29,32). The highest BCUT2D eigenvalue weighted by Crippen LogP contribution is 2.20. The van der Waals surface area contributed by atoms with Crippen molar-refractivity contribution >= 4 is 40.7 Å². The molecule has 1 aliphatic rings. The molecule has 3 aromatic carbocycles. The number of amides is 4. The molecule has 0 radical (unpaired) electrons. The van der Waals surface area contributed by atoms with Gasteiger partial charge in [-0.05, 0) is 61.0 Å². The summed E-state index contributed by atoms with van der Waals surface area (Å²) in [4.78, 5) is 50.8. The molecule has 1 saturated heterocycles. The third kappa shape index (κ3) is 5.73. The molecular weight excluding hydrogens is 444 g/mol. The predicted octanol–water partition coefficient (Wildman–Crippen LogP) is 3.69. The predicted molar refractivity (Wildman–Crippen MR) is 134 cm³/mol. The summed E-state index contributed by atoms with van der Waals surface area (Å²) in [5.74, 6) is -0.736. The number of hydrazine groups is 1. The second-order valence-electron chi connectivity index (χ2n) is 8.11. The summed E-state index contributed by atoms with van der Waals surface area (Å²) in [6.07, 6.45) is 0.579. The Kier molecular flexibility index (Phi) is 7.21. The van der Waals surface area contributed by atoms with E-state index in [2.05, 4.69) is 10.7 Å². The Morgan fingerprint density at radius 2 is 1.60 bits per heavy atom. The summed E-state index contributed by atoms with van der Waals surface area (Å²) in [6, 6.07) is 23.1. The SMILES string of the molecule is CCN(C(=O)Cc1ccc(NC(=O)c2ccc(N3NC(=O)CCC3=O)cc2)cc1)c1ccccc1. The minimum absolute atomic E-state index is 0.000970. The van der Waals surface area contributed by atoms with Crippen molar-refractivity contribution in [3.8, 4) is 0 Å². The lowest BCUT2D eigenvalue weighted by atomic mass is 10.1. The average Bonchev–Trinajstić information content (AvgIpc) is 2.88. The van der Waals surface area contributed by atoms with Crippen molar-refractivity contribution in [2.75, 3.05) is 21.8 Å². The van der Waals surface area contributed by atoms with Gasteiger partial charge in [0.05, 0.1) is 12.1 Å². The number of hydrogen-bond acceptors (Lipinski definition) is 4. The van der Waals surface area contributed by atoms with E-state index in [1.807, 2.05) is 49.4 Å². The van der Waals surface area contributed by atoms with Crippen molar-refractivity contribution in [1.82, 2.24) is 5.43 Å². The van der Waals surface area contributed by atoms with Crippen LogP contribution in [0.1, 0.15) is 35.7 Å². The lowest BCUT2D eigenvalue weighted by molar-refractivity contribution is -0.130. The van der Waals surface area contributed by atoms with Crippen molar-refractivity contribution in [1.29, 1.82) is 0 Å². The number of anilines is 3. The summed E-state index contributed by atoms with van der Waals surface area (Å²) in [5, 5.41) is 4.03. The van der Waals surface area contributed by atoms with Gasteiger partial charge < -0.3 is 10.2 Å². The van der Waals surface area contributed by atoms with E-state index in [0.717, 1.165) is 11.3 Å². The van der Waals surface area contributed by atoms with Crippen LogP contribution >= 0.6 is 0 Å². The molecule has 1 heterocycles. The molecule has 8 heteroatoms. The molecule has 4 rings (SSSR count). The van der Waals surface area contributed by atoms with Crippen molar-refractivity contribution in [2.24, 2.45) is 0 Å². The molecule has 0 spiro atoms. The van der Waals surface area contributed by atoms with E-state index < -0.39 is 0 Å². The van der Waals surface area contributed by atoms with Gasteiger partial charge >= 0.3 is 0 Å². The fraction of sp³-hybridized carbons (Fsp3) is 0.185. The molecule has 178 valence electrons. The Hall–Kier alpha value is -4.46. The Bertz CT molecular complexity index is 1220. The van der Waals surface area contributed by atoms with Crippen molar-refractivity contribution in [2.45, 2.75) is 26.2 Å². The highest BCUT2D eigenvalue weighted by Gasteiger charge is 2.24. The minimum atomic E-state index is -0.310. The second kappa shape index (κ2) is 10.6. The third-order valence-electron chi connectivity index (χ3n) is 5.69. The summed E-state index contributed by atoms with van der Waals surface area (Å²) in [7, 11) is 0. The molecule has 4 amide bonds. The topological polar surface area (TPSA) is 98.8 Å². The molecule has 1 fully saturated rings. The minimum Gasteiger partial charge on any atom is -0.322 e. The molecule has 0 aromatic heterocycles. The third-order valence-corrected chi connectivity index (χ3v) is 5.69. The van der Waals surface area contributed by atoms with Crippen LogP contribution in [-0.4, -0.2) is 30.2 Å². The van der Waals surface area contributed by atoms with Gasteiger partial charge in [0.1, 0.15) is 0 Å². The smallest absolute Gasteiger partial charge is 0.255 e. The van der Waals surface area contributed by atoms with Gasteiger partial charge in [-0.2, -0.15) is 0 Å². The number of carbonyl (C=O) groups excluding carboxylic acids is 4. The van der Waals surface area contributed by atoms with Gasteiger partial charge in [-0.15, -0.1) is 0 Å². The fourth-order valence-electron chi connectivity index (χ4n) is 3.84. The molecule has 0 saturated carbocycles. The van der Waals surface area contributed by atoms with Gasteiger partial charge in [-0.25, -0.2) is 5.01 Å². The summed E-state index contributed by atoms with van der Waals surface area (Å²) >= 11 is 0. The maximum Gasteiger partial charge on any atom is 0.255 e. The Morgan fingerprint density at radius 1 is 0.914 bits per heavy atom. The van der Waals surface area contributed by atoms with Crippen molar-refractivity contribution in [3.05, 3.63) is 90.0 Å². The van der Waals surface area contributed by atoms with Crippen LogP contribution < -0.4 is 20.7 Å². The highest BCUT2D eigenvalue weighted by atomic mass is 16.2. The first-order chi connectivity index (χ1) is 16.9. The molecule has 8 nitrogen and oxygen atoms in total. The van der Waals surface area contributed by atoms with E-state index >= 15 is 0 Å². The van der Waals surface area contributed by atoms with Gasteiger partial charge in [0.25, 0.3) is 5.91 Å². The number of nitrogens with zero attached hydrogens (tertiary/aromatic N) is 2. The largest absolute Gasteiger partial charge is 0.322 e. The Balaban J connectivity index is 1.36. The first-order valence-corrected chi connectivity index (χ1v) is 11.4. The van der Waals surface area contributed by atoms with Gasteiger partial charge in [-0.3, -0.25) is 24.6 Å². The lowest BCUT2D eigenvalue weighted by Crippen LogP contribution is -2.50. The molecule has 35 heavy (non-hydrogen) atoms. The number of para-hydroxylation sites is 1. The molecule has 0 aliphatic carbocycles. The van der Waals surface area contributed by atoms with Crippen LogP contribution in [0.25, 0.3) is 0 Å². The average molecular weight is 471 g/mol. The van der Waals surface area contributed by atoms with E-state index in [-0.39, 0.29) is 42.9 Å². The van der Waals surface area contributed by atoms with Crippen LogP contribution in [0.3, 0.4) is 0 Å². The number of nitrogens with one attached hydrogen (secondary N) is 2. The zero-order chi connectivity index (χ0) is 24.8. The number of benzene rings is 3. The molecule has 0 bridgehead atoms. The molecule has 2 N–H and O–H groups in total. The molecule has 1 aliphatic heterocycles. The number of hydrogen-bond donors (Lipinski definition) is 2. The van der Waals surface area contributed by atoms with E-state index in [0.29, 0.717) is 23.5 Å². The van der Waals surface area contributed by atoms with Gasteiger partial charge in [-0.1, -0.05) is 30.3 Å². The number of likely N-dealkylation sites (N-methyl/N-ethyl adjacent to an activating group) is 1. The molecule has 0 atom stereocenters. The lowest BCUT2D eigenvalue weighted by Gasteiger charge is -2.27. The van der Waals surface area contributed by atoms with Gasteiger partial charge in [0.15, 0.2) is 0 Å². The Labute approximate surface area is 203 Å². The monoisotopic (exact) mass is 470 g/mol. The maximum atomic E-state index is 12.8. The summed E-state index contributed by atoms with van der Waals surface area (Å²) < 4.78 is 0. The molecule has 0 unspecified atom stereocenters. The van der Waals surface area contributed by atoms with E-state index in [1.165, 1.54) is 5.01 Å². The van der Waals surface area contributed by atoms with Gasteiger partial charge in [0, 0.05) is 36.3 Å². The van der Waals surface area contributed by atoms with Crippen LogP contribution in [0, 0.1) is 0 Å². The van der Waals surface area contributed by atoms with Crippen LogP contribution in [0.2, 0.25) is 0 Å². The summed E-state index contributed by atoms with van der Waals surface area (Å²) in [6.45, 7) is 2.52. The first kappa shape index (κ1) is 23.7. The quantitative estimate of drug-likeness (QED) is 0.550. The maximum absolute atomic E-state index is 12.8. The van der Waals surface area contributed by atoms with Crippen molar-refractivity contribution in [3.63, 3.8) is 0 Å². The number of rotatable bonds is 7. The first-order valence-electron chi connectivity index (χ1n) is 11.4. The van der Waals surface area contributed by atoms with Crippen molar-refractivity contribution < 1.29 is 19.2 Å². The summed E-state index contributed by atoms with van der Waals surface area (Å²) in [5.41, 5.74) is 5.74. The van der Waals surface area contributed by atoms with E-state index in [1.54, 1.807) is 41.3 Å². The van der Waals surface area contributed by atoms with Crippen LogP contribution in [0.5, 0.6) is 0 Å². The van der Waals surface area contributed by atoms with Crippen LogP contribution in [0.4, 0.5) is 17.1 Å². The van der Waals surface area contributed by atoms with E-state index in [9.17, 15) is 19.2 Å². The second-order valence-corrected chi connectivity index (χ2v) is 8.11. The normalized spacial score (nSPS) is 13.2. The molecule has 3 aromatic rings. The zero-order valence-corrected chi connectivity index (χ0v) is 19.4. The van der Waals surface area contributed by atoms with Crippen LogP contribution in [-0.2, 0) is 20.8 Å². The van der Waals surface area contributed by atoms with E-state index in [4.69, 9.17) is 0 Å².